The van der Waals surface area contributed by atoms with Crippen molar-refractivity contribution in [1.82, 2.24) is 19.5 Å². The molecule has 323 valence electrons. The molecular formula is C58H50IrN4OSi-2. The summed E-state index contributed by atoms with van der Waals surface area (Å²) >= 11 is 0. The third-order valence-corrected chi connectivity index (χ3v) is 14.2. The molecule has 5 nitrogen and oxygen atoms in total. The van der Waals surface area contributed by atoms with Gasteiger partial charge in [0.2, 0.25) is 0 Å². The van der Waals surface area contributed by atoms with E-state index in [0.29, 0.717) is 0 Å². The Morgan fingerprint density at radius 2 is 1.29 bits per heavy atom. The number of para-hydroxylation sites is 2. The molecule has 0 unspecified atom stereocenters. The molecule has 0 N–H and O–H groups in total. The van der Waals surface area contributed by atoms with Crippen molar-refractivity contribution in [3.8, 4) is 39.5 Å². The van der Waals surface area contributed by atoms with Gasteiger partial charge in [0.05, 0.1) is 41.5 Å². The average molecular weight is 1040 g/mol. The normalized spacial score (nSPS) is 11.8. The van der Waals surface area contributed by atoms with Crippen LogP contribution in [0.3, 0.4) is 0 Å². The number of hydrogen-bond donors (Lipinski definition) is 0. The fourth-order valence-electron chi connectivity index (χ4n) is 8.75. The number of aromatic nitrogens is 4. The van der Waals surface area contributed by atoms with Gasteiger partial charge in [0.25, 0.3) is 0 Å². The predicted octanol–water partition coefficient (Wildman–Crippen LogP) is 15.1. The molecule has 0 spiro atoms. The molecule has 0 atom stereocenters. The molecule has 1 radical (unpaired) electrons. The van der Waals surface area contributed by atoms with E-state index in [0.717, 1.165) is 66.7 Å². The molecule has 11 rings (SSSR count). The molecule has 0 aliphatic carbocycles. The van der Waals surface area contributed by atoms with Crippen LogP contribution in [0.4, 0.5) is 0 Å². The topological polar surface area (TPSA) is 56.7 Å². The molecule has 11 aromatic rings. The van der Waals surface area contributed by atoms with Crippen molar-refractivity contribution in [3.05, 3.63) is 187 Å². The van der Waals surface area contributed by atoms with Gasteiger partial charge < -0.3 is 14.0 Å². The van der Waals surface area contributed by atoms with E-state index >= 15 is 0 Å². The molecule has 0 saturated heterocycles. The van der Waals surface area contributed by atoms with Crippen LogP contribution >= 0.6 is 0 Å². The summed E-state index contributed by atoms with van der Waals surface area (Å²) in [7, 11) is -1.23. The summed E-state index contributed by atoms with van der Waals surface area (Å²) in [6.45, 7) is 16.1. The van der Waals surface area contributed by atoms with E-state index in [1.165, 1.54) is 43.9 Å². The van der Waals surface area contributed by atoms with E-state index in [1.54, 1.807) is 0 Å². The van der Waals surface area contributed by atoms with Crippen LogP contribution in [0.15, 0.2) is 168 Å². The van der Waals surface area contributed by atoms with Gasteiger partial charge in [-0.05, 0) is 104 Å². The summed E-state index contributed by atoms with van der Waals surface area (Å²) in [4.78, 5) is 15.0. The summed E-state index contributed by atoms with van der Waals surface area (Å²) < 4.78 is 9.08. The Morgan fingerprint density at radius 1 is 0.600 bits per heavy atom. The molecule has 0 bridgehead atoms. The minimum atomic E-state index is -1.23. The Balaban J connectivity index is 0.000000266. The van der Waals surface area contributed by atoms with Crippen LogP contribution < -0.4 is 5.19 Å². The standard InChI is InChI=1S/C44H34N3O.C14H16NSi.Ir/c1-26(2)35-22-31(28-13-6-5-7-14-28)23-36(27(3)4)42(35)47-39-20-11-10-19-37(39)46-44(47)34-18-12-17-33-41-40(48-43(33)34)25-32-21-29-15-8-9-16-30(29)24-38(32)45-41;1-16(2,3)13-9-10-14(15-11-13)12-7-5-4-6-8-12;/h5-17,19-27H,1-4H3;4-7,9-11H,1-3H3;/q2*-1;. The number of pyridine rings is 2. The van der Waals surface area contributed by atoms with E-state index in [-0.39, 0.29) is 31.9 Å². The minimum absolute atomic E-state index is 0. The number of furan rings is 1. The Hall–Kier alpha value is -6.50. The van der Waals surface area contributed by atoms with Gasteiger partial charge in [-0.3, -0.25) is 4.98 Å². The van der Waals surface area contributed by atoms with E-state index < -0.39 is 8.07 Å². The number of imidazole rings is 1. The molecule has 0 amide bonds. The maximum absolute atomic E-state index is 6.73. The molecular weight excluding hydrogens is 989 g/mol. The number of fused-ring (bicyclic) bond motifs is 6. The van der Waals surface area contributed by atoms with Crippen LogP contribution in [-0.2, 0) is 20.1 Å². The number of benzene rings is 7. The van der Waals surface area contributed by atoms with Crippen LogP contribution in [0.2, 0.25) is 19.6 Å². The molecule has 0 aliphatic rings. The molecule has 7 aromatic carbocycles. The van der Waals surface area contributed by atoms with E-state index in [9.17, 15) is 0 Å². The van der Waals surface area contributed by atoms with Crippen molar-refractivity contribution in [2.75, 3.05) is 0 Å². The fraction of sp³-hybridized carbons (Fsp3) is 0.155. The van der Waals surface area contributed by atoms with E-state index in [2.05, 4.69) is 196 Å². The second kappa shape index (κ2) is 17.8. The van der Waals surface area contributed by atoms with Crippen LogP contribution in [0, 0.1) is 12.1 Å². The van der Waals surface area contributed by atoms with Crippen molar-refractivity contribution in [3.63, 3.8) is 0 Å². The summed E-state index contributed by atoms with van der Waals surface area (Å²) in [5.74, 6) is 1.36. The Morgan fingerprint density at radius 3 is 1.97 bits per heavy atom. The van der Waals surface area contributed by atoms with Crippen molar-refractivity contribution >= 4 is 68.0 Å². The first kappa shape index (κ1) is 43.7. The SMILES string of the molecule is CC(C)c1cc(-c2ccccc2)cc(C(C)C)c1-n1c(-c2[c-]ccc3c2oc2cc4cc5ccccc5cc4nc23)nc2ccccc21.C[Si](C)(C)c1ccc(-c2[c-]cccc2)nc1.[Ir]. The van der Waals surface area contributed by atoms with Gasteiger partial charge in [-0.2, -0.15) is 0 Å². The Kier molecular flexibility index (Phi) is 12.0. The monoisotopic (exact) mass is 1040 g/mol. The van der Waals surface area contributed by atoms with Gasteiger partial charge in [0.15, 0.2) is 0 Å². The third kappa shape index (κ3) is 8.36. The van der Waals surface area contributed by atoms with E-state index in [4.69, 9.17) is 14.4 Å². The molecule has 0 fully saturated rings. The van der Waals surface area contributed by atoms with Crippen LogP contribution in [0.1, 0.15) is 50.7 Å². The summed E-state index contributed by atoms with van der Waals surface area (Å²) in [6.07, 6.45) is 2.02. The number of nitrogens with zero attached hydrogens (tertiary/aromatic N) is 4. The predicted molar refractivity (Wildman–Crippen MR) is 271 cm³/mol. The Bertz CT molecular complexity index is 3450. The quantitative estimate of drug-likeness (QED) is 0.0907. The first-order valence-corrected chi connectivity index (χ1v) is 25.7. The van der Waals surface area contributed by atoms with Crippen molar-refractivity contribution in [2.24, 2.45) is 0 Å². The van der Waals surface area contributed by atoms with Gasteiger partial charge >= 0.3 is 0 Å². The second-order valence-electron chi connectivity index (χ2n) is 18.3. The van der Waals surface area contributed by atoms with Gasteiger partial charge in [-0.15, -0.1) is 54.1 Å². The maximum Gasteiger partial charge on any atom is 0.140 e. The van der Waals surface area contributed by atoms with Crippen LogP contribution in [-0.4, -0.2) is 27.6 Å². The average Bonchev–Trinajstić information content (AvgIpc) is 3.88. The van der Waals surface area contributed by atoms with Crippen LogP contribution in [0.25, 0.3) is 94.2 Å². The smallest absolute Gasteiger partial charge is 0.140 e. The summed E-state index contributed by atoms with van der Waals surface area (Å²) in [6, 6.07) is 61.7. The van der Waals surface area contributed by atoms with Crippen molar-refractivity contribution < 1.29 is 24.5 Å². The largest absolute Gasteiger partial charge is 0.499 e. The van der Waals surface area contributed by atoms with Gasteiger partial charge in [-0.1, -0.05) is 132 Å². The Labute approximate surface area is 395 Å². The molecule has 4 aromatic heterocycles. The van der Waals surface area contributed by atoms with Crippen LogP contribution in [0.5, 0.6) is 0 Å². The third-order valence-electron chi connectivity index (χ3n) is 12.2. The van der Waals surface area contributed by atoms with Gasteiger partial charge in [0, 0.05) is 37.4 Å². The molecule has 0 aliphatic heterocycles. The molecule has 65 heavy (non-hydrogen) atoms. The summed E-state index contributed by atoms with van der Waals surface area (Å²) in [5.41, 5.74) is 14.4. The van der Waals surface area contributed by atoms with Gasteiger partial charge in [-0.25, -0.2) is 4.98 Å². The van der Waals surface area contributed by atoms with Gasteiger partial charge in [0.1, 0.15) is 5.58 Å². The molecule has 7 heteroatoms. The molecule has 0 saturated carbocycles. The number of hydrogen-bond acceptors (Lipinski definition) is 4. The van der Waals surface area contributed by atoms with Crippen molar-refractivity contribution in [2.45, 2.75) is 59.2 Å². The minimum Gasteiger partial charge on any atom is -0.499 e. The van der Waals surface area contributed by atoms with Crippen molar-refractivity contribution in [1.29, 1.82) is 0 Å². The zero-order valence-electron chi connectivity index (χ0n) is 37.8. The number of rotatable bonds is 7. The first-order valence-electron chi connectivity index (χ1n) is 22.2. The zero-order chi connectivity index (χ0) is 44.1. The zero-order valence-corrected chi connectivity index (χ0v) is 41.2. The summed E-state index contributed by atoms with van der Waals surface area (Å²) in [5, 5.41) is 5.77. The van der Waals surface area contributed by atoms with E-state index in [1.807, 2.05) is 36.5 Å². The second-order valence-corrected chi connectivity index (χ2v) is 23.4. The molecule has 4 heterocycles. The fourth-order valence-corrected chi connectivity index (χ4v) is 9.79. The maximum atomic E-state index is 6.73. The first-order chi connectivity index (χ1) is 31.0.